The Kier molecular flexibility index (Phi) is 5.84. The number of alkyl halides is 11. The molecule has 0 radical (unpaired) electrons. The molecule has 0 aromatic heterocycles. The van der Waals surface area contributed by atoms with Gasteiger partial charge in [0.2, 0.25) is 0 Å². The van der Waals surface area contributed by atoms with E-state index in [-0.39, 0.29) is 29.6 Å². The van der Waals surface area contributed by atoms with Crippen LogP contribution in [0.4, 0.5) is 48.3 Å². The van der Waals surface area contributed by atoms with Crippen molar-refractivity contribution in [1.82, 2.24) is 0 Å². The first-order valence-electron chi connectivity index (χ1n) is 3.18. The zero-order valence-electron chi connectivity index (χ0n) is 6.73. The van der Waals surface area contributed by atoms with E-state index in [4.69, 9.17) is 0 Å². The molecule has 17 heavy (non-hydrogen) atoms. The average molecular weight is 294 g/mol. The molecule has 0 aromatic rings. The zero-order valence-corrected chi connectivity index (χ0v) is 6.73. The predicted octanol–water partition coefficient (Wildman–Crippen LogP) is 3.07. The Hall–Kier alpha value is 0.230. The van der Waals surface area contributed by atoms with Gasteiger partial charge in [-0.25, -0.2) is 8.78 Å². The summed E-state index contributed by atoms with van der Waals surface area (Å²) in [5.74, 6) is -21.3. The van der Waals surface area contributed by atoms with E-state index >= 15 is 0 Å². The van der Waals surface area contributed by atoms with Gasteiger partial charge in [0.15, 0.2) is 0 Å². The van der Waals surface area contributed by atoms with Gasteiger partial charge in [0, 0.05) is 0 Å². The molecule has 0 fully saturated rings. The SMILES string of the molecule is FC(F)C(F)(F)C(F)(F)C(F)(F)C(F)(F)F.[NaH]. The van der Waals surface area contributed by atoms with Crippen molar-refractivity contribution in [2.75, 3.05) is 0 Å². The van der Waals surface area contributed by atoms with Crippen LogP contribution >= 0.6 is 0 Å². The van der Waals surface area contributed by atoms with Gasteiger partial charge in [-0.2, -0.15) is 39.5 Å². The minimum atomic E-state index is -7.26. The second kappa shape index (κ2) is 5.08. The maximum atomic E-state index is 12.0. The van der Waals surface area contributed by atoms with Gasteiger partial charge in [0.1, 0.15) is 0 Å². The first-order chi connectivity index (χ1) is 6.69. The summed E-state index contributed by atoms with van der Waals surface area (Å²) in [7, 11) is 0. The molecule has 0 atom stereocenters. The first-order valence-corrected chi connectivity index (χ1v) is 3.18. The van der Waals surface area contributed by atoms with Crippen LogP contribution in [0.2, 0.25) is 0 Å². The molecular formula is C5H2F11Na. The van der Waals surface area contributed by atoms with Crippen LogP contribution in [0.3, 0.4) is 0 Å². The summed E-state index contributed by atoms with van der Waals surface area (Å²) >= 11 is 0. The third-order valence-corrected chi connectivity index (χ3v) is 1.44. The Balaban J connectivity index is 0. The van der Waals surface area contributed by atoms with Crippen molar-refractivity contribution < 1.29 is 48.3 Å². The Labute approximate surface area is 108 Å². The molecule has 0 rings (SSSR count). The Morgan fingerprint density at radius 2 is 0.882 bits per heavy atom. The second-order valence-corrected chi connectivity index (χ2v) is 2.57. The fourth-order valence-electron chi connectivity index (χ4n) is 0.524. The number of rotatable bonds is 3. The van der Waals surface area contributed by atoms with E-state index in [1.165, 1.54) is 0 Å². The molecule has 12 heteroatoms. The standard InChI is InChI=1S/C5HF11.Na.H/c6-1(7)2(8,9)3(10,11)4(12,13)5(14,15)16;;/h1H;;. The summed E-state index contributed by atoms with van der Waals surface area (Å²) in [6.45, 7) is 0. The van der Waals surface area contributed by atoms with Crippen molar-refractivity contribution in [2.24, 2.45) is 0 Å². The normalized spacial score (nSPS) is 14.8. The van der Waals surface area contributed by atoms with Crippen molar-refractivity contribution in [3.63, 3.8) is 0 Å². The van der Waals surface area contributed by atoms with Crippen molar-refractivity contribution in [3.8, 4) is 0 Å². The molecule has 0 nitrogen and oxygen atoms in total. The van der Waals surface area contributed by atoms with E-state index in [0.717, 1.165) is 0 Å². The third kappa shape index (κ3) is 2.98. The van der Waals surface area contributed by atoms with Crippen molar-refractivity contribution in [2.45, 2.75) is 30.4 Å². The van der Waals surface area contributed by atoms with E-state index < -0.39 is 30.4 Å². The monoisotopic (exact) mass is 294 g/mol. The van der Waals surface area contributed by atoms with Gasteiger partial charge in [-0.3, -0.25) is 0 Å². The van der Waals surface area contributed by atoms with E-state index in [1.807, 2.05) is 0 Å². The number of hydrogen-bond donors (Lipinski definition) is 0. The summed E-state index contributed by atoms with van der Waals surface area (Å²) in [5, 5.41) is 0. The van der Waals surface area contributed by atoms with Crippen LogP contribution in [0.15, 0.2) is 0 Å². The Morgan fingerprint density at radius 1 is 0.588 bits per heavy atom. The molecule has 100 valence electrons. The second-order valence-electron chi connectivity index (χ2n) is 2.57. The molecule has 0 saturated heterocycles. The van der Waals surface area contributed by atoms with Crippen LogP contribution in [-0.2, 0) is 0 Å². The zero-order chi connectivity index (χ0) is 13.6. The van der Waals surface area contributed by atoms with E-state index in [0.29, 0.717) is 0 Å². The van der Waals surface area contributed by atoms with Crippen molar-refractivity contribution in [3.05, 3.63) is 0 Å². The summed E-state index contributed by atoms with van der Waals surface area (Å²) in [6.07, 6.45) is -12.4. The first kappa shape index (κ1) is 19.6. The third-order valence-electron chi connectivity index (χ3n) is 1.44. The topological polar surface area (TPSA) is 0 Å². The molecule has 0 bridgehead atoms. The number of hydrogen-bond acceptors (Lipinski definition) is 0. The summed E-state index contributed by atoms with van der Waals surface area (Å²) < 4.78 is 128. The minimum absolute atomic E-state index is 0. The van der Waals surface area contributed by atoms with Crippen LogP contribution < -0.4 is 0 Å². The summed E-state index contributed by atoms with van der Waals surface area (Å²) in [6, 6.07) is 0. The van der Waals surface area contributed by atoms with E-state index in [1.54, 1.807) is 0 Å². The molecule has 0 unspecified atom stereocenters. The molecule has 0 aliphatic carbocycles. The van der Waals surface area contributed by atoms with E-state index in [2.05, 4.69) is 0 Å². The average Bonchev–Trinajstić information content (AvgIpc) is 2.00. The van der Waals surface area contributed by atoms with Gasteiger partial charge >= 0.3 is 59.9 Å². The van der Waals surface area contributed by atoms with Crippen molar-refractivity contribution >= 4 is 29.6 Å². The molecule has 0 aliphatic heterocycles. The molecule has 0 aliphatic rings. The molecule has 0 heterocycles. The van der Waals surface area contributed by atoms with E-state index in [9.17, 15) is 48.3 Å². The van der Waals surface area contributed by atoms with Gasteiger partial charge in [-0.15, -0.1) is 0 Å². The number of halogens is 11. The molecule has 0 spiro atoms. The molecular weight excluding hydrogens is 292 g/mol. The summed E-state index contributed by atoms with van der Waals surface area (Å²) in [5.41, 5.74) is 0. The maximum absolute atomic E-state index is 12.0. The van der Waals surface area contributed by atoms with Gasteiger partial charge in [-0.1, -0.05) is 0 Å². The van der Waals surface area contributed by atoms with Crippen LogP contribution in [0.1, 0.15) is 0 Å². The fraction of sp³-hybridized carbons (Fsp3) is 1.00. The Bertz CT molecular complexity index is 253. The van der Waals surface area contributed by atoms with Gasteiger partial charge in [0.05, 0.1) is 0 Å². The van der Waals surface area contributed by atoms with Crippen molar-refractivity contribution in [1.29, 1.82) is 0 Å². The quantitative estimate of drug-likeness (QED) is 0.554. The molecule has 0 N–H and O–H groups in total. The predicted molar refractivity (Wildman–Crippen MR) is 34.0 cm³/mol. The van der Waals surface area contributed by atoms with Crippen LogP contribution in [0, 0.1) is 0 Å². The fourth-order valence-corrected chi connectivity index (χ4v) is 0.524. The summed E-state index contributed by atoms with van der Waals surface area (Å²) in [4.78, 5) is 0. The molecule has 0 saturated carbocycles. The van der Waals surface area contributed by atoms with Gasteiger partial charge in [-0.05, 0) is 0 Å². The van der Waals surface area contributed by atoms with Gasteiger partial charge in [0.25, 0.3) is 0 Å². The molecule has 0 aromatic carbocycles. The molecule has 0 amide bonds. The van der Waals surface area contributed by atoms with Crippen LogP contribution in [0.25, 0.3) is 0 Å². The van der Waals surface area contributed by atoms with Gasteiger partial charge < -0.3 is 0 Å². The van der Waals surface area contributed by atoms with Crippen LogP contribution in [-0.4, -0.2) is 59.9 Å². The van der Waals surface area contributed by atoms with Crippen LogP contribution in [0.5, 0.6) is 0 Å². The Morgan fingerprint density at radius 3 is 1.06 bits per heavy atom.